The van der Waals surface area contributed by atoms with Gasteiger partial charge in [-0.05, 0) is 43.4 Å². The van der Waals surface area contributed by atoms with Crippen molar-refractivity contribution < 1.29 is 9.84 Å². The first-order valence-corrected chi connectivity index (χ1v) is 8.52. The fraction of sp³-hybridized carbons (Fsp3) is 0.667. The molecule has 0 amide bonds. The molecule has 0 aromatic heterocycles. The van der Waals surface area contributed by atoms with E-state index in [1.165, 1.54) is 24.8 Å². The fourth-order valence-electron chi connectivity index (χ4n) is 3.79. The van der Waals surface area contributed by atoms with Crippen LogP contribution in [0.2, 0.25) is 0 Å². The molecule has 1 aromatic rings. The highest BCUT2D eigenvalue weighted by Gasteiger charge is 2.37. The van der Waals surface area contributed by atoms with Crippen molar-refractivity contribution in [1.82, 2.24) is 9.80 Å². The maximum atomic E-state index is 10.8. The number of piperazine rings is 1. The highest BCUT2D eigenvalue weighted by atomic mass is 16.5. The van der Waals surface area contributed by atoms with Crippen LogP contribution in [-0.2, 0) is 6.54 Å². The van der Waals surface area contributed by atoms with Gasteiger partial charge < -0.3 is 9.84 Å². The molecule has 0 bridgehead atoms. The van der Waals surface area contributed by atoms with E-state index in [1.807, 2.05) is 6.07 Å². The third-order valence-electron chi connectivity index (χ3n) is 5.16. The molecule has 0 atom stereocenters. The maximum absolute atomic E-state index is 10.8. The van der Waals surface area contributed by atoms with Gasteiger partial charge in [-0.1, -0.05) is 18.6 Å². The molecule has 1 N–H and O–H groups in total. The molecule has 1 aliphatic carbocycles. The van der Waals surface area contributed by atoms with Crippen LogP contribution in [0.1, 0.15) is 37.7 Å². The van der Waals surface area contributed by atoms with E-state index in [0.29, 0.717) is 0 Å². The zero-order chi connectivity index (χ0) is 15.4. The van der Waals surface area contributed by atoms with Crippen LogP contribution in [0.25, 0.3) is 0 Å². The zero-order valence-electron chi connectivity index (χ0n) is 13.6. The monoisotopic (exact) mass is 304 g/mol. The van der Waals surface area contributed by atoms with Crippen LogP contribution in [0.3, 0.4) is 0 Å². The number of methoxy groups -OCH3 is 1. The van der Waals surface area contributed by atoms with Crippen molar-refractivity contribution in [2.75, 3.05) is 33.3 Å². The van der Waals surface area contributed by atoms with Gasteiger partial charge in [0.25, 0.3) is 0 Å². The van der Waals surface area contributed by atoms with Gasteiger partial charge in [0.15, 0.2) is 0 Å². The predicted octanol–water partition coefficient (Wildman–Crippen LogP) is 2.47. The minimum absolute atomic E-state index is 0.527. The summed E-state index contributed by atoms with van der Waals surface area (Å²) in [5.74, 6) is 0.924. The van der Waals surface area contributed by atoms with E-state index >= 15 is 0 Å². The van der Waals surface area contributed by atoms with Crippen molar-refractivity contribution >= 4 is 0 Å². The lowest BCUT2D eigenvalue weighted by molar-refractivity contribution is -0.145. The Morgan fingerprint density at radius 3 is 2.50 bits per heavy atom. The molecule has 0 spiro atoms. The summed E-state index contributed by atoms with van der Waals surface area (Å²) in [4.78, 5) is 4.78. The molecular weight excluding hydrogens is 276 g/mol. The van der Waals surface area contributed by atoms with Crippen LogP contribution in [0.5, 0.6) is 5.75 Å². The van der Waals surface area contributed by atoms with E-state index in [-0.39, 0.29) is 0 Å². The molecule has 3 rings (SSSR count). The largest absolute Gasteiger partial charge is 0.497 e. The van der Waals surface area contributed by atoms with Crippen molar-refractivity contribution in [3.63, 3.8) is 0 Å². The first-order valence-electron chi connectivity index (χ1n) is 8.52. The van der Waals surface area contributed by atoms with Gasteiger partial charge in [0.05, 0.1) is 7.11 Å². The first kappa shape index (κ1) is 15.8. The second-order valence-electron chi connectivity index (χ2n) is 6.66. The normalized spacial score (nSPS) is 23.4. The van der Waals surface area contributed by atoms with Gasteiger partial charge in [-0.2, -0.15) is 0 Å². The van der Waals surface area contributed by atoms with Crippen molar-refractivity contribution in [2.45, 2.75) is 44.4 Å². The van der Waals surface area contributed by atoms with Gasteiger partial charge in [-0.15, -0.1) is 0 Å². The summed E-state index contributed by atoms with van der Waals surface area (Å²) >= 11 is 0. The summed E-state index contributed by atoms with van der Waals surface area (Å²) in [5, 5.41) is 10.8. The molecule has 1 saturated heterocycles. The molecule has 22 heavy (non-hydrogen) atoms. The molecule has 2 fully saturated rings. The van der Waals surface area contributed by atoms with Crippen LogP contribution < -0.4 is 4.74 Å². The average molecular weight is 304 g/mol. The molecule has 0 radical (unpaired) electrons. The lowest BCUT2D eigenvalue weighted by Gasteiger charge is -2.46. The van der Waals surface area contributed by atoms with Crippen LogP contribution in [0.4, 0.5) is 0 Å². The Kier molecular flexibility index (Phi) is 5.01. The molecule has 1 aromatic carbocycles. The fourth-order valence-corrected chi connectivity index (χ4v) is 3.79. The van der Waals surface area contributed by atoms with Gasteiger partial charge in [0.2, 0.25) is 0 Å². The number of ether oxygens (including phenoxy) is 1. The lowest BCUT2D eigenvalue weighted by atomic mass is 9.90. The number of rotatable bonds is 4. The molecule has 0 unspecified atom stereocenters. The summed E-state index contributed by atoms with van der Waals surface area (Å²) in [7, 11) is 1.71. The Hall–Kier alpha value is -1.10. The number of benzene rings is 1. The third kappa shape index (κ3) is 3.62. The first-order chi connectivity index (χ1) is 10.7. The minimum Gasteiger partial charge on any atom is -0.497 e. The number of hydrogen-bond donors (Lipinski definition) is 1. The van der Waals surface area contributed by atoms with Gasteiger partial charge >= 0.3 is 0 Å². The molecular formula is C18H28N2O2. The molecule has 1 aliphatic heterocycles. The Labute approximate surface area is 133 Å². The Morgan fingerprint density at radius 1 is 1.09 bits per heavy atom. The van der Waals surface area contributed by atoms with Crippen molar-refractivity contribution in [2.24, 2.45) is 0 Å². The van der Waals surface area contributed by atoms with Gasteiger partial charge in [0, 0.05) is 32.7 Å². The van der Waals surface area contributed by atoms with Crippen molar-refractivity contribution in [3.8, 4) is 5.75 Å². The van der Waals surface area contributed by atoms with Gasteiger partial charge in [0.1, 0.15) is 11.5 Å². The maximum Gasteiger partial charge on any atom is 0.119 e. The van der Waals surface area contributed by atoms with Crippen molar-refractivity contribution in [1.29, 1.82) is 0 Å². The zero-order valence-corrected chi connectivity index (χ0v) is 13.6. The summed E-state index contributed by atoms with van der Waals surface area (Å²) in [6.45, 7) is 4.96. The van der Waals surface area contributed by atoms with Crippen LogP contribution in [0, 0.1) is 0 Å². The summed E-state index contributed by atoms with van der Waals surface area (Å²) in [6, 6.07) is 8.31. The standard InChI is InChI=1S/C18H28N2O2/c1-22-17-7-5-6-16(14-17)15-19-10-12-20(13-11-19)18(21)8-3-2-4-9-18/h5-7,14,21H,2-4,8-13,15H2,1H3. The molecule has 1 saturated carbocycles. The highest BCUT2D eigenvalue weighted by Crippen LogP contribution is 2.32. The van der Waals surface area contributed by atoms with E-state index in [1.54, 1.807) is 7.11 Å². The van der Waals surface area contributed by atoms with Crippen LogP contribution in [-0.4, -0.2) is 53.9 Å². The van der Waals surface area contributed by atoms with Gasteiger partial charge in [-0.25, -0.2) is 0 Å². The van der Waals surface area contributed by atoms with E-state index in [0.717, 1.165) is 51.3 Å². The van der Waals surface area contributed by atoms with Crippen molar-refractivity contribution in [3.05, 3.63) is 29.8 Å². The lowest BCUT2D eigenvalue weighted by Crippen LogP contribution is -2.57. The quantitative estimate of drug-likeness (QED) is 0.927. The summed E-state index contributed by atoms with van der Waals surface area (Å²) in [5.41, 5.74) is 0.768. The van der Waals surface area contributed by atoms with E-state index in [4.69, 9.17) is 4.74 Å². The Morgan fingerprint density at radius 2 is 1.82 bits per heavy atom. The number of hydrogen-bond acceptors (Lipinski definition) is 4. The molecule has 2 aliphatic rings. The SMILES string of the molecule is COc1cccc(CN2CCN(C3(O)CCCCC3)CC2)c1. The summed E-state index contributed by atoms with van der Waals surface area (Å²) in [6.07, 6.45) is 5.50. The summed E-state index contributed by atoms with van der Waals surface area (Å²) < 4.78 is 5.29. The molecule has 1 heterocycles. The third-order valence-corrected chi connectivity index (χ3v) is 5.16. The Balaban J connectivity index is 1.53. The van der Waals surface area contributed by atoms with E-state index < -0.39 is 5.72 Å². The molecule has 4 heteroatoms. The van der Waals surface area contributed by atoms with Crippen LogP contribution in [0.15, 0.2) is 24.3 Å². The average Bonchev–Trinajstić information content (AvgIpc) is 2.56. The second kappa shape index (κ2) is 6.99. The second-order valence-corrected chi connectivity index (χ2v) is 6.66. The van der Waals surface area contributed by atoms with E-state index in [9.17, 15) is 5.11 Å². The highest BCUT2D eigenvalue weighted by molar-refractivity contribution is 5.28. The minimum atomic E-state index is -0.527. The molecule has 122 valence electrons. The smallest absolute Gasteiger partial charge is 0.119 e. The van der Waals surface area contributed by atoms with E-state index in [2.05, 4.69) is 28.0 Å². The van der Waals surface area contributed by atoms with Gasteiger partial charge in [-0.3, -0.25) is 9.80 Å². The number of nitrogens with zero attached hydrogens (tertiary/aromatic N) is 2. The van der Waals surface area contributed by atoms with Crippen LogP contribution >= 0.6 is 0 Å². The number of aliphatic hydroxyl groups is 1. The topological polar surface area (TPSA) is 35.9 Å². The Bertz CT molecular complexity index is 478. The predicted molar refractivity (Wildman–Crippen MR) is 87.9 cm³/mol. The molecule has 4 nitrogen and oxygen atoms in total.